The Kier molecular flexibility index (Phi) is 4.60. The van der Waals surface area contributed by atoms with Gasteiger partial charge in [-0.2, -0.15) is 0 Å². The molecule has 2 aliphatic heterocycles. The minimum Gasteiger partial charge on any atom is -0.381 e. The summed E-state index contributed by atoms with van der Waals surface area (Å²) in [7, 11) is 0. The number of amides is 1. The maximum absolute atomic E-state index is 11.7. The van der Waals surface area contributed by atoms with Crippen LogP contribution in [0.3, 0.4) is 0 Å². The van der Waals surface area contributed by atoms with Gasteiger partial charge in [0.1, 0.15) is 0 Å². The molecule has 4 heteroatoms. The van der Waals surface area contributed by atoms with Crippen molar-refractivity contribution in [3.05, 3.63) is 0 Å². The molecule has 1 atom stereocenters. The molecule has 2 fully saturated rings. The van der Waals surface area contributed by atoms with Crippen LogP contribution in [-0.4, -0.2) is 38.3 Å². The van der Waals surface area contributed by atoms with Gasteiger partial charge in [-0.3, -0.25) is 4.79 Å². The van der Waals surface area contributed by atoms with Gasteiger partial charge in [-0.15, -0.1) is 0 Å². The summed E-state index contributed by atoms with van der Waals surface area (Å²) in [5.41, 5.74) is 0. The molecular weight excluding hydrogens is 204 g/mol. The molecule has 0 radical (unpaired) electrons. The number of ether oxygens (including phenoxy) is 1. The Hall–Kier alpha value is -0.610. The zero-order valence-corrected chi connectivity index (χ0v) is 9.84. The molecule has 2 aliphatic rings. The van der Waals surface area contributed by atoms with Gasteiger partial charge in [-0.05, 0) is 44.6 Å². The second kappa shape index (κ2) is 6.21. The van der Waals surface area contributed by atoms with E-state index in [1.165, 1.54) is 0 Å². The Bertz CT molecular complexity index is 221. The molecule has 4 nitrogen and oxygen atoms in total. The highest BCUT2D eigenvalue weighted by molar-refractivity contribution is 5.81. The predicted octanol–water partition coefficient (Wildman–Crippen LogP) is 0.671. The summed E-state index contributed by atoms with van der Waals surface area (Å²) in [6.07, 6.45) is 5.51. The third kappa shape index (κ3) is 3.46. The number of rotatable bonds is 4. The summed E-state index contributed by atoms with van der Waals surface area (Å²) in [5, 5.41) is 6.24. The van der Waals surface area contributed by atoms with Crippen LogP contribution >= 0.6 is 0 Å². The number of hydrogen-bond acceptors (Lipinski definition) is 3. The summed E-state index contributed by atoms with van der Waals surface area (Å²) < 4.78 is 5.31. The average Bonchev–Trinajstić information content (AvgIpc) is 2.84. The van der Waals surface area contributed by atoms with Gasteiger partial charge in [0, 0.05) is 19.8 Å². The molecule has 2 saturated heterocycles. The molecule has 0 aromatic rings. The summed E-state index contributed by atoms with van der Waals surface area (Å²) in [4.78, 5) is 11.7. The molecule has 0 saturated carbocycles. The van der Waals surface area contributed by atoms with Crippen molar-refractivity contribution < 1.29 is 9.53 Å². The lowest BCUT2D eigenvalue weighted by Gasteiger charge is -2.22. The predicted molar refractivity (Wildman–Crippen MR) is 62.2 cm³/mol. The Morgan fingerprint density at radius 1 is 1.31 bits per heavy atom. The molecule has 2 heterocycles. The Morgan fingerprint density at radius 3 is 2.81 bits per heavy atom. The van der Waals surface area contributed by atoms with Crippen LogP contribution in [0.4, 0.5) is 0 Å². The van der Waals surface area contributed by atoms with Gasteiger partial charge < -0.3 is 15.4 Å². The van der Waals surface area contributed by atoms with Crippen molar-refractivity contribution in [2.24, 2.45) is 5.92 Å². The maximum Gasteiger partial charge on any atom is 0.237 e. The van der Waals surface area contributed by atoms with E-state index in [0.717, 1.165) is 64.3 Å². The van der Waals surface area contributed by atoms with E-state index in [2.05, 4.69) is 10.6 Å². The molecule has 0 aromatic heterocycles. The standard InChI is InChI=1S/C12H22N2O2/c15-12(11-2-1-6-13-11)14-7-3-10-4-8-16-9-5-10/h10-11,13H,1-9H2,(H,14,15)/t11-/m0/s1. The first-order valence-corrected chi connectivity index (χ1v) is 6.45. The number of carbonyl (C=O) groups excluding carboxylic acids is 1. The van der Waals surface area contributed by atoms with Crippen molar-refractivity contribution >= 4 is 5.91 Å². The molecule has 16 heavy (non-hydrogen) atoms. The van der Waals surface area contributed by atoms with E-state index in [-0.39, 0.29) is 11.9 Å². The van der Waals surface area contributed by atoms with Gasteiger partial charge in [0.05, 0.1) is 6.04 Å². The van der Waals surface area contributed by atoms with Gasteiger partial charge >= 0.3 is 0 Å². The van der Waals surface area contributed by atoms with Gasteiger partial charge in [0.25, 0.3) is 0 Å². The summed E-state index contributed by atoms with van der Waals surface area (Å²) in [6, 6.07) is 0.0645. The zero-order chi connectivity index (χ0) is 11.2. The highest BCUT2D eigenvalue weighted by Gasteiger charge is 2.21. The zero-order valence-electron chi connectivity index (χ0n) is 9.84. The minimum atomic E-state index is 0.0645. The maximum atomic E-state index is 11.7. The fraction of sp³-hybridized carbons (Fsp3) is 0.917. The first-order chi connectivity index (χ1) is 7.86. The van der Waals surface area contributed by atoms with E-state index >= 15 is 0 Å². The first-order valence-electron chi connectivity index (χ1n) is 6.45. The van der Waals surface area contributed by atoms with Gasteiger partial charge in [-0.1, -0.05) is 0 Å². The van der Waals surface area contributed by atoms with E-state index in [4.69, 9.17) is 4.74 Å². The number of hydrogen-bond donors (Lipinski definition) is 2. The highest BCUT2D eigenvalue weighted by Crippen LogP contribution is 2.17. The van der Waals surface area contributed by atoms with Crippen molar-refractivity contribution in [2.45, 2.75) is 38.1 Å². The second-order valence-electron chi connectivity index (χ2n) is 4.78. The van der Waals surface area contributed by atoms with E-state index in [1.54, 1.807) is 0 Å². The lowest BCUT2D eigenvalue weighted by Crippen LogP contribution is -2.41. The highest BCUT2D eigenvalue weighted by atomic mass is 16.5. The van der Waals surface area contributed by atoms with Crippen molar-refractivity contribution in [1.82, 2.24) is 10.6 Å². The molecule has 0 unspecified atom stereocenters. The Morgan fingerprint density at radius 2 is 2.12 bits per heavy atom. The molecule has 2 N–H and O–H groups in total. The molecule has 0 spiro atoms. The normalized spacial score (nSPS) is 26.9. The Labute approximate surface area is 97.1 Å². The largest absolute Gasteiger partial charge is 0.381 e. The van der Waals surface area contributed by atoms with Crippen molar-refractivity contribution in [3.8, 4) is 0 Å². The van der Waals surface area contributed by atoms with Crippen LogP contribution in [0.25, 0.3) is 0 Å². The summed E-state index contributed by atoms with van der Waals surface area (Å²) >= 11 is 0. The smallest absolute Gasteiger partial charge is 0.237 e. The van der Waals surface area contributed by atoms with E-state index in [1.807, 2.05) is 0 Å². The van der Waals surface area contributed by atoms with E-state index in [9.17, 15) is 4.79 Å². The number of nitrogens with one attached hydrogen (secondary N) is 2. The monoisotopic (exact) mass is 226 g/mol. The van der Waals surface area contributed by atoms with Crippen LogP contribution in [0.1, 0.15) is 32.1 Å². The molecule has 2 rings (SSSR count). The molecular formula is C12H22N2O2. The topological polar surface area (TPSA) is 50.4 Å². The van der Waals surface area contributed by atoms with E-state index in [0.29, 0.717) is 0 Å². The van der Waals surface area contributed by atoms with Crippen LogP contribution in [0.15, 0.2) is 0 Å². The van der Waals surface area contributed by atoms with Crippen LogP contribution in [0, 0.1) is 5.92 Å². The van der Waals surface area contributed by atoms with Gasteiger partial charge in [-0.25, -0.2) is 0 Å². The summed E-state index contributed by atoms with van der Waals surface area (Å²) in [5.74, 6) is 0.926. The van der Waals surface area contributed by atoms with Crippen LogP contribution in [-0.2, 0) is 9.53 Å². The van der Waals surface area contributed by atoms with Crippen molar-refractivity contribution in [2.75, 3.05) is 26.3 Å². The fourth-order valence-corrected chi connectivity index (χ4v) is 2.47. The van der Waals surface area contributed by atoms with Gasteiger partial charge in [0.15, 0.2) is 0 Å². The molecule has 0 aliphatic carbocycles. The molecule has 0 aromatic carbocycles. The quantitative estimate of drug-likeness (QED) is 0.741. The van der Waals surface area contributed by atoms with Crippen molar-refractivity contribution in [1.29, 1.82) is 0 Å². The van der Waals surface area contributed by atoms with Crippen LogP contribution in [0.2, 0.25) is 0 Å². The number of carbonyl (C=O) groups is 1. The van der Waals surface area contributed by atoms with E-state index < -0.39 is 0 Å². The Balaban J connectivity index is 1.57. The van der Waals surface area contributed by atoms with Crippen LogP contribution in [0.5, 0.6) is 0 Å². The average molecular weight is 226 g/mol. The molecule has 92 valence electrons. The van der Waals surface area contributed by atoms with Crippen molar-refractivity contribution in [3.63, 3.8) is 0 Å². The second-order valence-corrected chi connectivity index (χ2v) is 4.78. The minimum absolute atomic E-state index is 0.0645. The SMILES string of the molecule is O=C(NCCC1CCOCC1)[C@@H]1CCCN1. The third-order valence-corrected chi connectivity index (χ3v) is 3.57. The third-order valence-electron chi connectivity index (χ3n) is 3.57. The van der Waals surface area contributed by atoms with Gasteiger partial charge in [0.2, 0.25) is 5.91 Å². The van der Waals surface area contributed by atoms with Crippen LogP contribution < -0.4 is 10.6 Å². The summed E-state index contributed by atoms with van der Waals surface area (Å²) in [6.45, 7) is 3.59. The molecule has 0 bridgehead atoms. The molecule has 1 amide bonds. The first kappa shape index (κ1) is 11.9. The lowest BCUT2D eigenvalue weighted by molar-refractivity contribution is -0.122. The fourth-order valence-electron chi connectivity index (χ4n) is 2.47. The lowest BCUT2D eigenvalue weighted by atomic mass is 9.97.